The lowest BCUT2D eigenvalue weighted by molar-refractivity contribution is -0.174. The molecular formula is C15H28O4S2. The number of thioether (sulfide) groups is 2. The summed E-state index contributed by atoms with van der Waals surface area (Å²) in [5, 5.41) is 0. The van der Waals surface area contributed by atoms with Crippen molar-refractivity contribution in [2.45, 2.75) is 76.0 Å². The summed E-state index contributed by atoms with van der Waals surface area (Å²) in [6, 6.07) is 0. The molecule has 2 aliphatic heterocycles. The molecule has 2 rings (SSSR count). The second kappa shape index (κ2) is 6.97. The molecule has 2 heterocycles. The zero-order valence-corrected chi connectivity index (χ0v) is 15.5. The van der Waals surface area contributed by atoms with E-state index in [2.05, 4.69) is 13.8 Å². The van der Waals surface area contributed by atoms with Crippen LogP contribution in [0, 0.1) is 0 Å². The molecule has 2 aliphatic rings. The average Bonchev–Trinajstić information content (AvgIpc) is 2.88. The molecule has 0 aromatic heterocycles. The predicted octanol–water partition coefficient (Wildman–Crippen LogP) is 3.49. The van der Waals surface area contributed by atoms with Gasteiger partial charge in [0.15, 0.2) is 11.6 Å². The van der Waals surface area contributed by atoms with Gasteiger partial charge in [-0.1, -0.05) is 13.8 Å². The number of hydrogen-bond donors (Lipinski definition) is 0. The summed E-state index contributed by atoms with van der Waals surface area (Å²) in [6.07, 6.45) is -0.119. The summed E-state index contributed by atoms with van der Waals surface area (Å²) in [5.74, 6) is 1.04. The van der Waals surface area contributed by atoms with Crippen molar-refractivity contribution in [3.63, 3.8) is 0 Å². The third-order valence-corrected chi connectivity index (χ3v) is 6.17. The van der Waals surface area contributed by atoms with Crippen molar-refractivity contribution in [3.05, 3.63) is 0 Å². The van der Waals surface area contributed by atoms with Crippen LogP contribution in [0.2, 0.25) is 0 Å². The Kier molecular flexibility index (Phi) is 5.94. The fourth-order valence-electron chi connectivity index (χ4n) is 2.76. The molecule has 4 nitrogen and oxygen atoms in total. The van der Waals surface area contributed by atoms with Crippen LogP contribution in [0.3, 0.4) is 0 Å². The normalized spacial score (nSPS) is 34.7. The van der Waals surface area contributed by atoms with Gasteiger partial charge in [-0.3, -0.25) is 0 Å². The van der Waals surface area contributed by atoms with Crippen LogP contribution in [0.25, 0.3) is 0 Å². The standard InChI is InChI=1S/C15H28O4S2/c1-7-20-13(21-8-2)12-11(18-15(5,6)19-12)10-9-16-14(3,4)17-10/h10-13H,7-9H2,1-6H3/t10-,11+,12+/m1/s1. The van der Waals surface area contributed by atoms with Gasteiger partial charge in [0.25, 0.3) is 0 Å². The van der Waals surface area contributed by atoms with Gasteiger partial charge in [-0.25, -0.2) is 0 Å². The lowest BCUT2D eigenvalue weighted by Crippen LogP contribution is -2.42. The van der Waals surface area contributed by atoms with Crippen LogP contribution in [-0.4, -0.2) is 52.6 Å². The Labute approximate surface area is 137 Å². The van der Waals surface area contributed by atoms with E-state index in [4.69, 9.17) is 18.9 Å². The van der Waals surface area contributed by atoms with E-state index in [-0.39, 0.29) is 18.3 Å². The molecule has 124 valence electrons. The Morgan fingerprint density at radius 3 is 2.05 bits per heavy atom. The van der Waals surface area contributed by atoms with Crippen molar-refractivity contribution in [1.82, 2.24) is 0 Å². The van der Waals surface area contributed by atoms with Gasteiger partial charge in [0.05, 0.1) is 11.2 Å². The molecule has 0 N–H and O–H groups in total. The maximum atomic E-state index is 6.21. The van der Waals surface area contributed by atoms with E-state index in [0.29, 0.717) is 11.2 Å². The van der Waals surface area contributed by atoms with Gasteiger partial charge in [-0.05, 0) is 39.2 Å². The van der Waals surface area contributed by atoms with E-state index in [1.165, 1.54) is 0 Å². The molecule has 0 aromatic rings. The van der Waals surface area contributed by atoms with Crippen molar-refractivity contribution >= 4 is 23.5 Å². The minimum atomic E-state index is -0.563. The van der Waals surface area contributed by atoms with Gasteiger partial charge < -0.3 is 18.9 Å². The van der Waals surface area contributed by atoms with E-state index in [9.17, 15) is 0 Å². The first kappa shape index (κ1) is 17.9. The van der Waals surface area contributed by atoms with Gasteiger partial charge in [0, 0.05) is 0 Å². The SMILES string of the molecule is CCSC(SCC)[C@H]1OC(C)(C)O[C@H]1[C@H]1COC(C)(C)O1. The van der Waals surface area contributed by atoms with E-state index >= 15 is 0 Å². The molecule has 6 heteroatoms. The molecule has 0 bridgehead atoms. The second-order valence-electron chi connectivity index (χ2n) is 6.21. The Morgan fingerprint density at radius 2 is 1.57 bits per heavy atom. The van der Waals surface area contributed by atoms with E-state index < -0.39 is 11.6 Å². The predicted molar refractivity (Wildman–Crippen MR) is 88.8 cm³/mol. The molecule has 0 saturated carbocycles. The lowest BCUT2D eigenvalue weighted by atomic mass is 10.1. The minimum absolute atomic E-state index is 0.0254. The highest BCUT2D eigenvalue weighted by Gasteiger charge is 2.52. The Morgan fingerprint density at radius 1 is 0.952 bits per heavy atom. The molecule has 2 fully saturated rings. The summed E-state index contributed by atoms with van der Waals surface area (Å²) in [4.78, 5) is 0. The quantitative estimate of drug-likeness (QED) is 0.691. The summed E-state index contributed by atoms with van der Waals surface area (Å²) in [5.41, 5.74) is 0. The molecule has 0 aromatic carbocycles. The maximum absolute atomic E-state index is 6.21. The smallest absolute Gasteiger partial charge is 0.163 e. The van der Waals surface area contributed by atoms with Crippen molar-refractivity contribution in [2.75, 3.05) is 18.1 Å². The largest absolute Gasteiger partial charge is 0.348 e. The van der Waals surface area contributed by atoms with Crippen LogP contribution in [-0.2, 0) is 18.9 Å². The van der Waals surface area contributed by atoms with Crippen molar-refractivity contribution < 1.29 is 18.9 Å². The highest BCUT2D eigenvalue weighted by molar-refractivity contribution is 8.17. The molecule has 0 amide bonds. The van der Waals surface area contributed by atoms with Gasteiger partial charge in [0.1, 0.15) is 18.3 Å². The van der Waals surface area contributed by atoms with Gasteiger partial charge >= 0.3 is 0 Å². The van der Waals surface area contributed by atoms with Crippen molar-refractivity contribution in [1.29, 1.82) is 0 Å². The van der Waals surface area contributed by atoms with E-state index in [1.54, 1.807) is 0 Å². The monoisotopic (exact) mass is 336 g/mol. The van der Waals surface area contributed by atoms with Crippen molar-refractivity contribution in [3.8, 4) is 0 Å². The molecule has 2 saturated heterocycles. The molecule has 0 unspecified atom stereocenters. The molecular weight excluding hydrogens is 308 g/mol. The summed E-state index contributed by atoms with van der Waals surface area (Å²) >= 11 is 3.85. The number of rotatable bonds is 6. The first-order chi connectivity index (χ1) is 9.78. The zero-order chi connectivity index (χ0) is 15.7. The van der Waals surface area contributed by atoms with Crippen LogP contribution in [0.1, 0.15) is 41.5 Å². The van der Waals surface area contributed by atoms with Crippen LogP contribution in [0.4, 0.5) is 0 Å². The Bertz CT molecular complexity index is 331. The maximum Gasteiger partial charge on any atom is 0.163 e. The van der Waals surface area contributed by atoms with E-state index in [1.807, 2.05) is 51.2 Å². The molecule has 21 heavy (non-hydrogen) atoms. The first-order valence-corrected chi connectivity index (χ1v) is 9.78. The van der Waals surface area contributed by atoms with Crippen LogP contribution in [0.15, 0.2) is 0 Å². The second-order valence-corrected chi connectivity index (χ2v) is 9.35. The summed E-state index contributed by atoms with van der Waals surface area (Å²) in [6.45, 7) is 12.8. The van der Waals surface area contributed by atoms with Crippen LogP contribution < -0.4 is 0 Å². The topological polar surface area (TPSA) is 36.9 Å². The lowest BCUT2D eigenvalue weighted by Gasteiger charge is -2.28. The molecule has 0 aliphatic carbocycles. The molecule has 0 radical (unpaired) electrons. The number of hydrogen-bond acceptors (Lipinski definition) is 6. The highest BCUT2D eigenvalue weighted by atomic mass is 32.2. The summed E-state index contributed by atoms with van der Waals surface area (Å²) < 4.78 is 24.5. The first-order valence-electron chi connectivity index (χ1n) is 7.68. The fourth-order valence-corrected chi connectivity index (χ4v) is 5.42. The molecule has 0 spiro atoms. The van der Waals surface area contributed by atoms with Gasteiger partial charge in [-0.2, -0.15) is 0 Å². The Balaban J connectivity index is 2.12. The third kappa shape index (κ3) is 4.52. The zero-order valence-electron chi connectivity index (χ0n) is 13.9. The van der Waals surface area contributed by atoms with Gasteiger partial charge in [-0.15, -0.1) is 23.5 Å². The molecule has 3 atom stereocenters. The number of ether oxygens (including phenoxy) is 4. The fraction of sp³-hybridized carbons (Fsp3) is 1.00. The Hall–Kier alpha value is 0.540. The van der Waals surface area contributed by atoms with E-state index in [0.717, 1.165) is 11.5 Å². The average molecular weight is 337 g/mol. The van der Waals surface area contributed by atoms with Gasteiger partial charge in [0.2, 0.25) is 0 Å². The minimum Gasteiger partial charge on any atom is -0.348 e. The highest BCUT2D eigenvalue weighted by Crippen LogP contribution is 2.42. The van der Waals surface area contributed by atoms with Crippen molar-refractivity contribution in [2.24, 2.45) is 0 Å². The third-order valence-electron chi connectivity index (χ3n) is 3.49. The van der Waals surface area contributed by atoms with Crippen LogP contribution in [0.5, 0.6) is 0 Å². The summed E-state index contributed by atoms with van der Waals surface area (Å²) in [7, 11) is 0. The van der Waals surface area contributed by atoms with Crippen LogP contribution >= 0.6 is 23.5 Å².